The van der Waals surface area contributed by atoms with Crippen LogP contribution in [-0.4, -0.2) is 6.29 Å². The van der Waals surface area contributed by atoms with Gasteiger partial charge in [-0.15, -0.1) is 0 Å². The van der Waals surface area contributed by atoms with Gasteiger partial charge in [-0.05, 0) is 39.0 Å². The fraction of sp³-hybridized carbons (Fsp3) is 0.300. The van der Waals surface area contributed by atoms with Gasteiger partial charge in [0, 0.05) is 0 Å². The van der Waals surface area contributed by atoms with Gasteiger partial charge in [-0.1, -0.05) is 6.08 Å². The molecule has 1 heterocycles. The van der Waals surface area contributed by atoms with E-state index in [1.165, 1.54) is 6.92 Å². The van der Waals surface area contributed by atoms with E-state index in [0.717, 1.165) is 17.8 Å². The first-order valence-electron chi connectivity index (χ1n) is 3.83. The molecule has 0 saturated heterocycles. The number of aryl methyl sites for hydroxylation is 1. The standard InChI is InChI=1S/C8H10O.C2H4O/c1-3-4-8-6-5-7(2)9-8;1-2-3/h3-6H,1-2H3;2H,1H3/b4-3+;. The Kier molecular flexibility index (Phi) is 5.70. The van der Waals surface area contributed by atoms with Gasteiger partial charge in [-0.25, -0.2) is 0 Å². The Balaban J connectivity index is 0.000000354. The number of rotatable bonds is 1. The van der Waals surface area contributed by atoms with E-state index in [9.17, 15) is 0 Å². The van der Waals surface area contributed by atoms with Crippen molar-refractivity contribution < 1.29 is 9.21 Å². The minimum absolute atomic E-state index is 0.750. The maximum absolute atomic E-state index is 8.81. The average molecular weight is 166 g/mol. The van der Waals surface area contributed by atoms with Crippen LogP contribution in [-0.2, 0) is 4.79 Å². The molecule has 0 atom stereocenters. The van der Waals surface area contributed by atoms with Crippen LogP contribution in [0.25, 0.3) is 6.08 Å². The molecule has 2 heteroatoms. The predicted molar refractivity (Wildman–Crippen MR) is 49.9 cm³/mol. The Morgan fingerprint density at radius 1 is 1.33 bits per heavy atom. The molecule has 0 unspecified atom stereocenters. The van der Waals surface area contributed by atoms with Gasteiger partial charge in [0.05, 0.1) is 0 Å². The number of hydrogen-bond acceptors (Lipinski definition) is 2. The smallest absolute Gasteiger partial charge is 0.126 e. The molecule has 0 bridgehead atoms. The molecule has 0 aliphatic heterocycles. The topological polar surface area (TPSA) is 30.2 Å². The third-order valence-electron chi connectivity index (χ3n) is 1.09. The molecule has 0 N–H and O–H groups in total. The predicted octanol–water partition coefficient (Wildman–Crippen LogP) is 2.83. The number of aldehydes is 1. The van der Waals surface area contributed by atoms with Gasteiger partial charge >= 0.3 is 0 Å². The molecule has 2 nitrogen and oxygen atoms in total. The van der Waals surface area contributed by atoms with Crippen molar-refractivity contribution in [2.75, 3.05) is 0 Å². The molecule has 0 saturated carbocycles. The van der Waals surface area contributed by atoms with Crippen molar-refractivity contribution >= 4 is 12.4 Å². The van der Waals surface area contributed by atoms with E-state index in [1.54, 1.807) is 0 Å². The molecular weight excluding hydrogens is 152 g/mol. The van der Waals surface area contributed by atoms with E-state index < -0.39 is 0 Å². The fourth-order valence-electron chi connectivity index (χ4n) is 0.707. The third-order valence-corrected chi connectivity index (χ3v) is 1.09. The summed E-state index contributed by atoms with van der Waals surface area (Å²) in [5, 5.41) is 0. The highest BCUT2D eigenvalue weighted by molar-refractivity contribution is 5.44. The largest absolute Gasteiger partial charge is 0.462 e. The van der Waals surface area contributed by atoms with Crippen LogP contribution in [0.4, 0.5) is 0 Å². The van der Waals surface area contributed by atoms with Gasteiger partial charge < -0.3 is 9.21 Å². The molecule has 0 aliphatic carbocycles. The van der Waals surface area contributed by atoms with E-state index in [1.807, 2.05) is 38.1 Å². The van der Waals surface area contributed by atoms with E-state index in [0.29, 0.717) is 0 Å². The fourth-order valence-corrected chi connectivity index (χ4v) is 0.707. The van der Waals surface area contributed by atoms with Crippen molar-refractivity contribution in [1.82, 2.24) is 0 Å². The van der Waals surface area contributed by atoms with Crippen LogP contribution >= 0.6 is 0 Å². The van der Waals surface area contributed by atoms with Crippen LogP contribution in [0.1, 0.15) is 25.4 Å². The molecule has 66 valence electrons. The van der Waals surface area contributed by atoms with Crippen LogP contribution < -0.4 is 0 Å². The highest BCUT2D eigenvalue weighted by Gasteiger charge is 1.89. The van der Waals surface area contributed by atoms with Crippen LogP contribution in [0.3, 0.4) is 0 Å². The highest BCUT2D eigenvalue weighted by Crippen LogP contribution is 2.06. The molecular formula is C10H14O2. The van der Waals surface area contributed by atoms with Gasteiger partial charge in [0.1, 0.15) is 17.8 Å². The summed E-state index contributed by atoms with van der Waals surface area (Å²) in [6.07, 6.45) is 4.64. The first-order valence-corrected chi connectivity index (χ1v) is 3.83. The molecule has 0 radical (unpaired) electrons. The Morgan fingerprint density at radius 3 is 2.25 bits per heavy atom. The monoisotopic (exact) mass is 166 g/mol. The zero-order valence-corrected chi connectivity index (χ0v) is 7.70. The van der Waals surface area contributed by atoms with Crippen LogP contribution in [0, 0.1) is 6.92 Å². The number of carbonyl (C=O) groups is 1. The summed E-state index contributed by atoms with van der Waals surface area (Å²) in [6.45, 7) is 5.35. The summed E-state index contributed by atoms with van der Waals surface area (Å²) in [5.74, 6) is 1.89. The molecule has 12 heavy (non-hydrogen) atoms. The summed E-state index contributed by atoms with van der Waals surface area (Å²) in [4.78, 5) is 8.81. The van der Waals surface area contributed by atoms with Crippen molar-refractivity contribution in [2.24, 2.45) is 0 Å². The summed E-state index contributed by atoms with van der Waals surface area (Å²) in [6, 6.07) is 3.91. The first-order chi connectivity index (χ1) is 5.74. The second-order valence-corrected chi connectivity index (χ2v) is 2.18. The Bertz CT molecular complexity index is 246. The van der Waals surface area contributed by atoms with E-state index >= 15 is 0 Å². The molecule has 1 aromatic rings. The lowest BCUT2D eigenvalue weighted by Gasteiger charge is -1.80. The second kappa shape index (κ2) is 6.40. The van der Waals surface area contributed by atoms with Gasteiger partial charge in [-0.3, -0.25) is 0 Å². The van der Waals surface area contributed by atoms with E-state index in [2.05, 4.69) is 0 Å². The van der Waals surface area contributed by atoms with Crippen LogP contribution in [0.15, 0.2) is 22.6 Å². The van der Waals surface area contributed by atoms with Crippen molar-refractivity contribution in [2.45, 2.75) is 20.8 Å². The van der Waals surface area contributed by atoms with E-state index in [-0.39, 0.29) is 0 Å². The Morgan fingerprint density at radius 2 is 1.92 bits per heavy atom. The summed E-state index contributed by atoms with van der Waals surface area (Å²) < 4.78 is 5.24. The van der Waals surface area contributed by atoms with Crippen LogP contribution in [0.2, 0.25) is 0 Å². The zero-order chi connectivity index (χ0) is 9.40. The lowest BCUT2D eigenvalue weighted by molar-refractivity contribution is -0.106. The third kappa shape index (κ3) is 4.50. The summed E-state index contributed by atoms with van der Waals surface area (Å²) in [5.41, 5.74) is 0. The number of allylic oxidation sites excluding steroid dienone is 1. The minimum Gasteiger partial charge on any atom is -0.462 e. The van der Waals surface area contributed by atoms with Gasteiger partial charge in [0.2, 0.25) is 0 Å². The Hall–Kier alpha value is -1.31. The minimum atomic E-state index is 0.750. The quantitative estimate of drug-likeness (QED) is 0.600. The SMILES string of the molecule is C/C=C/c1ccc(C)o1.CC=O. The molecule has 0 aliphatic rings. The van der Waals surface area contributed by atoms with Crippen molar-refractivity contribution in [3.63, 3.8) is 0 Å². The van der Waals surface area contributed by atoms with Crippen LogP contribution in [0.5, 0.6) is 0 Å². The number of furan rings is 1. The van der Waals surface area contributed by atoms with E-state index in [4.69, 9.17) is 9.21 Å². The van der Waals surface area contributed by atoms with Gasteiger partial charge in [-0.2, -0.15) is 0 Å². The first kappa shape index (κ1) is 10.7. The average Bonchev–Trinajstić information content (AvgIpc) is 2.38. The second-order valence-electron chi connectivity index (χ2n) is 2.18. The normalized spacial score (nSPS) is 9.25. The molecule has 0 amide bonds. The van der Waals surface area contributed by atoms with Crippen molar-refractivity contribution in [3.05, 3.63) is 29.7 Å². The van der Waals surface area contributed by atoms with Gasteiger partial charge in [0.25, 0.3) is 0 Å². The lowest BCUT2D eigenvalue weighted by Crippen LogP contribution is -1.57. The van der Waals surface area contributed by atoms with Crippen molar-refractivity contribution in [1.29, 1.82) is 0 Å². The molecule has 0 aromatic carbocycles. The maximum atomic E-state index is 8.81. The molecule has 0 spiro atoms. The molecule has 1 rings (SSSR count). The molecule has 1 aromatic heterocycles. The van der Waals surface area contributed by atoms with Gasteiger partial charge in [0.15, 0.2) is 0 Å². The maximum Gasteiger partial charge on any atom is 0.126 e. The summed E-state index contributed by atoms with van der Waals surface area (Å²) in [7, 11) is 0. The lowest BCUT2D eigenvalue weighted by atomic mass is 10.4. The Labute approximate surface area is 72.9 Å². The number of carbonyl (C=O) groups excluding carboxylic acids is 1. The van der Waals surface area contributed by atoms with Crippen molar-refractivity contribution in [3.8, 4) is 0 Å². The molecule has 0 fully saturated rings. The summed E-state index contributed by atoms with van der Waals surface area (Å²) >= 11 is 0. The highest BCUT2D eigenvalue weighted by atomic mass is 16.3. The number of hydrogen-bond donors (Lipinski definition) is 0. The zero-order valence-electron chi connectivity index (χ0n) is 7.70.